The van der Waals surface area contributed by atoms with Crippen molar-refractivity contribution in [3.05, 3.63) is 0 Å². The number of oxime groups is 1. The monoisotopic (exact) mass is 227 g/mol. The molecule has 3 N–H and O–H groups in total. The standard InChI is InChI=1S/C11H21N3O2/c1-8(2)9-3-5-14(6-4-9)11(15)7-10(12)13-16/h8-9,16H,3-7H2,1-2H3,(H2,12,13). The molecule has 1 aliphatic rings. The molecule has 1 aliphatic heterocycles. The normalized spacial score (nSPS) is 19.2. The van der Waals surface area contributed by atoms with Gasteiger partial charge in [-0.25, -0.2) is 0 Å². The molecular weight excluding hydrogens is 206 g/mol. The van der Waals surface area contributed by atoms with Crippen LogP contribution >= 0.6 is 0 Å². The summed E-state index contributed by atoms with van der Waals surface area (Å²) >= 11 is 0. The molecule has 0 aliphatic carbocycles. The topological polar surface area (TPSA) is 78.9 Å². The van der Waals surface area contributed by atoms with Crippen LogP contribution in [0.3, 0.4) is 0 Å². The third-order valence-electron chi connectivity index (χ3n) is 3.30. The average molecular weight is 227 g/mol. The Labute approximate surface area is 96.3 Å². The summed E-state index contributed by atoms with van der Waals surface area (Å²) in [5.74, 6) is 1.34. The third kappa shape index (κ3) is 3.40. The Morgan fingerprint density at radius 3 is 2.50 bits per heavy atom. The van der Waals surface area contributed by atoms with Crippen molar-refractivity contribution in [1.82, 2.24) is 4.90 Å². The Morgan fingerprint density at radius 1 is 1.50 bits per heavy atom. The zero-order chi connectivity index (χ0) is 12.1. The number of carbonyl (C=O) groups is 1. The van der Waals surface area contributed by atoms with Crippen molar-refractivity contribution in [3.63, 3.8) is 0 Å². The Hall–Kier alpha value is -1.26. The van der Waals surface area contributed by atoms with Gasteiger partial charge < -0.3 is 15.8 Å². The molecule has 0 spiro atoms. The van der Waals surface area contributed by atoms with Gasteiger partial charge in [0, 0.05) is 13.1 Å². The van der Waals surface area contributed by atoms with E-state index in [9.17, 15) is 4.79 Å². The van der Waals surface area contributed by atoms with Gasteiger partial charge >= 0.3 is 0 Å². The largest absolute Gasteiger partial charge is 0.409 e. The highest BCUT2D eigenvalue weighted by molar-refractivity contribution is 5.98. The van der Waals surface area contributed by atoms with E-state index in [-0.39, 0.29) is 18.2 Å². The minimum absolute atomic E-state index is 0.0167. The number of nitrogens with two attached hydrogens (primary N) is 1. The van der Waals surface area contributed by atoms with Crippen molar-refractivity contribution in [2.75, 3.05) is 13.1 Å². The number of carbonyl (C=O) groups excluding carboxylic acids is 1. The van der Waals surface area contributed by atoms with Gasteiger partial charge in [-0.1, -0.05) is 19.0 Å². The van der Waals surface area contributed by atoms with E-state index < -0.39 is 0 Å². The second-order valence-corrected chi connectivity index (χ2v) is 4.73. The first kappa shape index (κ1) is 12.8. The Bertz CT molecular complexity index is 268. The van der Waals surface area contributed by atoms with Gasteiger partial charge in [0.15, 0.2) is 0 Å². The molecule has 1 heterocycles. The molecule has 0 aromatic rings. The molecule has 1 rings (SSSR count). The second kappa shape index (κ2) is 5.72. The van der Waals surface area contributed by atoms with E-state index in [4.69, 9.17) is 10.9 Å². The van der Waals surface area contributed by atoms with Gasteiger partial charge in [-0.3, -0.25) is 4.79 Å². The van der Waals surface area contributed by atoms with Crippen molar-refractivity contribution in [2.24, 2.45) is 22.7 Å². The number of hydrogen-bond acceptors (Lipinski definition) is 3. The third-order valence-corrected chi connectivity index (χ3v) is 3.30. The molecule has 0 saturated carbocycles. The van der Waals surface area contributed by atoms with Gasteiger partial charge in [0.2, 0.25) is 5.91 Å². The minimum atomic E-state index is -0.0440. The average Bonchev–Trinajstić information content (AvgIpc) is 2.28. The van der Waals surface area contributed by atoms with Crippen LogP contribution in [0.25, 0.3) is 0 Å². The lowest BCUT2D eigenvalue weighted by Gasteiger charge is -2.33. The quantitative estimate of drug-likeness (QED) is 0.327. The molecule has 5 nitrogen and oxygen atoms in total. The van der Waals surface area contributed by atoms with E-state index in [1.54, 1.807) is 4.90 Å². The Balaban J connectivity index is 2.39. The highest BCUT2D eigenvalue weighted by atomic mass is 16.4. The molecule has 1 saturated heterocycles. The second-order valence-electron chi connectivity index (χ2n) is 4.73. The zero-order valence-electron chi connectivity index (χ0n) is 10.0. The number of amidine groups is 1. The lowest BCUT2D eigenvalue weighted by Crippen LogP contribution is -2.41. The van der Waals surface area contributed by atoms with Crippen LogP contribution in [-0.4, -0.2) is 34.9 Å². The fourth-order valence-corrected chi connectivity index (χ4v) is 2.12. The van der Waals surface area contributed by atoms with Crippen LogP contribution in [0, 0.1) is 11.8 Å². The molecule has 0 unspecified atom stereocenters. The highest BCUT2D eigenvalue weighted by Crippen LogP contribution is 2.24. The molecule has 1 fully saturated rings. The van der Waals surface area contributed by atoms with Gasteiger partial charge in [-0.2, -0.15) is 0 Å². The summed E-state index contributed by atoms with van der Waals surface area (Å²) in [4.78, 5) is 13.5. The fourth-order valence-electron chi connectivity index (χ4n) is 2.12. The lowest BCUT2D eigenvalue weighted by atomic mass is 9.86. The minimum Gasteiger partial charge on any atom is -0.409 e. The summed E-state index contributed by atoms with van der Waals surface area (Å²) in [7, 11) is 0. The molecule has 92 valence electrons. The number of amides is 1. The summed E-state index contributed by atoms with van der Waals surface area (Å²) < 4.78 is 0. The number of likely N-dealkylation sites (tertiary alicyclic amines) is 1. The summed E-state index contributed by atoms with van der Waals surface area (Å²) in [6, 6.07) is 0. The number of piperidine rings is 1. The number of rotatable bonds is 3. The smallest absolute Gasteiger partial charge is 0.230 e. The van der Waals surface area contributed by atoms with Gasteiger partial charge in [0.1, 0.15) is 5.84 Å². The van der Waals surface area contributed by atoms with E-state index in [0.717, 1.165) is 25.9 Å². The summed E-state index contributed by atoms with van der Waals surface area (Å²) in [6.07, 6.45) is 2.13. The molecule has 0 radical (unpaired) electrons. The lowest BCUT2D eigenvalue weighted by molar-refractivity contribution is -0.131. The maximum atomic E-state index is 11.7. The number of hydrogen-bond donors (Lipinski definition) is 2. The van der Waals surface area contributed by atoms with Crippen LogP contribution in [0.5, 0.6) is 0 Å². The molecule has 1 amide bonds. The van der Waals surface area contributed by atoms with E-state index in [0.29, 0.717) is 11.8 Å². The van der Waals surface area contributed by atoms with E-state index in [1.165, 1.54) is 0 Å². The number of nitrogens with zero attached hydrogens (tertiary/aromatic N) is 2. The van der Waals surface area contributed by atoms with Crippen molar-refractivity contribution in [2.45, 2.75) is 33.1 Å². The van der Waals surface area contributed by atoms with Crippen LogP contribution < -0.4 is 5.73 Å². The molecule has 0 aromatic carbocycles. The zero-order valence-corrected chi connectivity index (χ0v) is 10.0. The van der Waals surface area contributed by atoms with Crippen molar-refractivity contribution in [3.8, 4) is 0 Å². The van der Waals surface area contributed by atoms with Crippen molar-refractivity contribution < 1.29 is 10.0 Å². The summed E-state index contributed by atoms with van der Waals surface area (Å²) in [6.45, 7) is 6.03. The maximum absolute atomic E-state index is 11.7. The van der Waals surface area contributed by atoms with Crippen LogP contribution in [0.15, 0.2) is 5.16 Å². The highest BCUT2D eigenvalue weighted by Gasteiger charge is 2.24. The van der Waals surface area contributed by atoms with Crippen LogP contribution in [0.2, 0.25) is 0 Å². The van der Waals surface area contributed by atoms with Gasteiger partial charge in [0.05, 0.1) is 6.42 Å². The molecule has 0 atom stereocenters. The summed E-state index contributed by atoms with van der Waals surface area (Å²) in [5, 5.41) is 11.2. The van der Waals surface area contributed by atoms with E-state index >= 15 is 0 Å². The van der Waals surface area contributed by atoms with Crippen molar-refractivity contribution >= 4 is 11.7 Å². The van der Waals surface area contributed by atoms with Crippen LogP contribution in [-0.2, 0) is 4.79 Å². The van der Waals surface area contributed by atoms with E-state index in [2.05, 4.69) is 19.0 Å². The molecule has 5 heteroatoms. The van der Waals surface area contributed by atoms with Crippen LogP contribution in [0.1, 0.15) is 33.1 Å². The van der Waals surface area contributed by atoms with Gasteiger partial charge in [-0.05, 0) is 24.7 Å². The first-order valence-electron chi connectivity index (χ1n) is 5.78. The van der Waals surface area contributed by atoms with E-state index in [1.807, 2.05) is 0 Å². The summed E-state index contributed by atoms with van der Waals surface area (Å²) in [5.41, 5.74) is 5.31. The first-order valence-corrected chi connectivity index (χ1v) is 5.78. The first-order chi connectivity index (χ1) is 7.54. The van der Waals surface area contributed by atoms with Crippen LogP contribution in [0.4, 0.5) is 0 Å². The Kier molecular flexibility index (Phi) is 4.58. The van der Waals surface area contributed by atoms with Gasteiger partial charge in [-0.15, -0.1) is 0 Å². The molecule has 16 heavy (non-hydrogen) atoms. The fraction of sp³-hybridized carbons (Fsp3) is 0.818. The predicted molar refractivity (Wildman–Crippen MR) is 62.2 cm³/mol. The maximum Gasteiger partial charge on any atom is 0.230 e. The molecular formula is C11H21N3O2. The SMILES string of the molecule is CC(C)C1CCN(C(=O)CC(N)=NO)CC1. The van der Waals surface area contributed by atoms with Gasteiger partial charge in [0.25, 0.3) is 0 Å². The molecule has 0 aromatic heterocycles. The van der Waals surface area contributed by atoms with Crippen molar-refractivity contribution in [1.29, 1.82) is 0 Å². The Morgan fingerprint density at radius 2 is 2.06 bits per heavy atom. The molecule has 0 bridgehead atoms. The predicted octanol–water partition coefficient (Wildman–Crippen LogP) is 1.02.